The van der Waals surface area contributed by atoms with E-state index in [0.717, 1.165) is 23.9 Å². The highest BCUT2D eigenvalue weighted by Crippen LogP contribution is 2.23. The van der Waals surface area contributed by atoms with Crippen LogP contribution in [0, 0.1) is 0 Å². The fraction of sp³-hybridized carbons (Fsp3) is 0.412. The van der Waals surface area contributed by atoms with Gasteiger partial charge in [-0.1, -0.05) is 25.1 Å². The number of hydrogen-bond acceptors (Lipinski definition) is 2. The number of carboxylic acid groups (broad SMARTS) is 1. The van der Waals surface area contributed by atoms with Crippen LogP contribution in [0.1, 0.15) is 37.7 Å². The van der Waals surface area contributed by atoms with E-state index in [2.05, 4.69) is 0 Å². The molecule has 1 aromatic heterocycles. The predicted molar refractivity (Wildman–Crippen MR) is 86.0 cm³/mol. The molecule has 0 atom stereocenters. The van der Waals surface area contributed by atoms with Crippen LogP contribution in [0.2, 0.25) is 0 Å². The van der Waals surface area contributed by atoms with E-state index in [9.17, 15) is 14.7 Å². The molecule has 0 bridgehead atoms. The van der Waals surface area contributed by atoms with Crippen molar-refractivity contribution in [1.82, 2.24) is 9.47 Å². The second kappa shape index (κ2) is 5.83. The van der Waals surface area contributed by atoms with E-state index in [0.29, 0.717) is 5.69 Å². The lowest BCUT2D eigenvalue weighted by atomic mass is 10.0. The lowest BCUT2D eigenvalue weighted by Crippen LogP contribution is -2.51. The molecule has 1 aromatic carbocycles. The molecule has 1 heterocycles. The van der Waals surface area contributed by atoms with Crippen LogP contribution >= 0.6 is 0 Å². The average Bonchev–Trinajstić information content (AvgIpc) is 2.85. The number of likely N-dealkylation sites (N-methyl/N-ethyl adjacent to an activating group) is 1. The Hall–Kier alpha value is -2.30. The second-order valence-electron chi connectivity index (χ2n) is 5.97. The molecule has 1 amide bonds. The summed E-state index contributed by atoms with van der Waals surface area (Å²) in [5, 5.41) is 10.3. The Morgan fingerprint density at radius 1 is 1.27 bits per heavy atom. The second-order valence-corrected chi connectivity index (χ2v) is 5.97. The number of benzene rings is 1. The largest absolute Gasteiger partial charge is 0.480 e. The maximum absolute atomic E-state index is 12.8. The minimum absolute atomic E-state index is 0.281. The number of aryl methyl sites for hydroxylation is 1. The highest BCUT2D eigenvalue weighted by Gasteiger charge is 2.36. The summed E-state index contributed by atoms with van der Waals surface area (Å²) in [5.74, 6) is -1.31. The van der Waals surface area contributed by atoms with Gasteiger partial charge in [-0.25, -0.2) is 4.79 Å². The standard InChI is InChI=1S/C17H22N2O3/c1-5-10-19-13-9-7-6-8-12(13)11-14(19)15(20)18(4)17(2,3)16(21)22/h6-9,11H,5,10H2,1-4H3,(H,21,22). The number of rotatable bonds is 5. The number of carbonyl (C=O) groups excluding carboxylic acids is 1. The van der Waals surface area contributed by atoms with Crippen LogP contribution in [-0.4, -0.2) is 39.0 Å². The molecule has 2 rings (SSSR count). The molecule has 5 heteroatoms. The monoisotopic (exact) mass is 302 g/mol. The minimum atomic E-state index is -1.26. The van der Waals surface area contributed by atoms with Gasteiger partial charge in [-0.3, -0.25) is 4.79 Å². The van der Waals surface area contributed by atoms with Crippen LogP contribution in [-0.2, 0) is 11.3 Å². The molecule has 0 unspecified atom stereocenters. The highest BCUT2D eigenvalue weighted by atomic mass is 16.4. The van der Waals surface area contributed by atoms with Crippen LogP contribution in [0.25, 0.3) is 10.9 Å². The average molecular weight is 302 g/mol. The van der Waals surface area contributed by atoms with Crippen LogP contribution in [0.15, 0.2) is 30.3 Å². The molecule has 0 spiro atoms. The van der Waals surface area contributed by atoms with Crippen molar-refractivity contribution in [2.75, 3.05) is 7.05 Å². The smallest absolute Gasteiger partial charge is 0.329 e. The number of hydrogen-bond donors (Lipinski definition) is 1. The molecule has 0 aliphatic rings. The summed E-state index contributed by atoms with van der Waals surface area (Å²) in [6.07, 6.45) is 0.894. The molecule has 1 N–H and O–H groups in total. The third-order valence-electron chi connectivity index (χ3n) is 4.14. The summed E-state index contributed by atoms with van der Waals surface area (Å²) in [4.78, 5) is 25.5. The van der Waals surface area contributed by atoms with E-state index in [1.54, 1.807) is 0 Å². The first-order valence-electron chi connectivity index (χ1n) is 7.40. The summed E-state index contributed by atoms with van der Waals surface area (Å²) >= 11 is 0. The van der Waals surface area contributed by atoms with Gasteiger partial charge >= 0.3 is 5.97 Å². The lowest BCUT2D eigenvalue weighted by molar-refractivity contribution is -0.147. The van der Waals surface area contributed by atoms with Gasteiger partial charge in [0.2, 0.25) is 0 Å². The topological polar surface area (TPSA) is 62.5 Å². The molecule has 0 saturated heterocycles. The van der Waals surface area contributed by atoms with Gasteiger partial charge in [-0.05, 0) is 32.4 Å². The van der Waals surface area contributed by atoms with Crippen LogP contribution in [0.4, 0.5) is 0 Å². The first-order chi connectivity index (χ1) is 10.3. The maximum atomic E-state index is 12.8. The first kappa shape index (κ1) is 16.1. The number of aromatic nitrogens is 1. The summed E-state index contributed by atoms with van der Waals surface area (Å²) < 4.78 is 1.96. The van der Waals surface area contributed by atoms with Crippen molar-refractivity contribution in [3.63, 3.8) is 0 Å². The first-order valence-corrected chi connectivity index (χ1v) is 7.40. The van der Waals surface area contributed by atoms with E-state index in [4.69, 9.17) is 0 Å². The van der Waals surface area contributed by atoms with Gasteiger partial charge in [0.25, 0.3) is 5.91 Å². The van der Waals surface area contributed by atoms with Gasteiger partial charge in [-0.2, -0.15) is 0 Å². The molecule has 0 radical (unpaired) electrons. The van der Waals surface area contributed by atoms with Gasteiger partial charge in [0.1, 0.15) is 11.2 Å². The van der Waals surface area contributed by atoms with E-state index in [1.807, 2.05) is 41.8 Å². The van der Waals surface area contributed by atoms with Crippen molar-refractivity contribution >= 4 is 22.8 Å². The number of fused-ring (bicyclic) bond motifs is 1. The van der Waals surface area contributed by atoms with E-state index >= 15 is 0 Å². The molecular formula is C17H22N2O3. The number of carboxylic acids is 1. The van der Waals surface area contributed by atoms with Crippen molar-refractivity contribution < 1.29 is 14.7 Å². The van der Waals surface area contributed by atoms with Crippen molar-refractivity contribution in [1.29, 1.82) is 0 Å². The Bertz CT molecular complexity index is 716. The van der Waals surface area contributed by atoms with Crippen molar-refractivity contribution in [2.45, 2.75) is 39.3 Å². The Kier molecular flexibility index (Phi) is 4.26. The zero-order chi connectivity index (χ0) is 16.5. The number of aliphatic carboxylic acids is 1. The molecule has 5 nitrogen and oxygen atoms in total. The van der Waals surface area contributed by atoms with Gasteiger partial charge < -0.3 is 14.6 Å². The molecule has 2 aromatic rings. The molecule has 118 valence electrons. The zero-order valence-corrected chi connectivity index (χ0v) is 13.5. The van der Waals surface area contributed by atoms with Crippen LogP contribution in [0.3, 0.4) is 0 Å². The number of nitrogens with zero attached hydrogens (tertiary/aromatic N) is 2. The van der Waals surface area contributed by atoms with Crippen LogP contribution in [0.5, 0.6) is 0 Å². The fourth-order valence-electron chi connectivity index (χ4n) is 2.42. The SMILES string of the molecule is CCCn1c(C(=O)N(C)C(C)(C)C(=O)O)cc2ccccc21. The Morgan fingerprint density at radius 2 is 1.91 bits per heavy atom. The molecule has 0 aliphatic carbocycles. The van der Waals surface area contributed by atoms with Crippen molar-refractivity contribution in [3.8, 4) is 0 Å². The summed E-state index contributed by atoms with van der Waals surface area (Å²) in [5.41, 5.74) is 0.263. The van der Waals surface area contributed by atoms with Gasteiger partial charge in [0, 0.05) is 24.5 Å². The third kappa shape index (κ3) is 2.58. The summed E-state index contributed by atoms with van der Waals surface area (Å²) in [7, 11) is 1.53. The third-order valence-corrected chi connectivity index (χ3v) is 4.14. The molecule has 0 fully saturated rings. The predicted octanol–water partition coefficient (Wildman–Crippen LogP) is 2.99. The maximum Gasteiger partial charge on any atom is 0.329 e. The van der Waals surface area contributed by atoms with Crippen molar-refractivity contribution in [2.24, 2.45) is 0 Å². The van der Waals surface area contributed by atoms with Gasteiger partial charge in [0.15, 0.2) is 0 Å². The molecule has 0 aliphatic heterocycles. The molecule has 0 saturated carbocycles. The van der Waals surface area contributed by atoms with E-state index < -0.39 is 11.5 Å². The number of carbonyl (C=O) groups is 2. The van der Waals surface area contributed by atoms with Crippen LogP contribution < -0.4 is 0 Å². The minimum Gasteiger partial charge on any atom is -0.480 e. The van der Waals surface area contributed by atoms with Gasteiger partial charge in [0.05, 0.1) is 0 Å². The Balaban J connectivity index is 2.52. The van der Waals surface area contributed by atoms with E-state index in [-0.39, 0.29) is 5.91 Å². The number of amides is 1. The fourth-order valence-corrected chi connectivity index (χ4v) is 2.42. The lowest BCUT2D eigenvalue weighted by Gasteiger charge is -2.31. The summed E-state index contributed by atoms with van der Waals surface area (Å²) in [6.45, 7) is 5.82. The number of para-hydroxylation sites is 1. The normalized spacial score (nSPS) is 11.6. The van der Waals surface area contributed by atoms with E-state index in [1.165, 1.54) is 25.8 Å². The van der Waals surface area contributed by atoms with Crippen molar-refractivity contribution in [3.05, 3.63) is 36.0 Å². The zero-order valence-electron chi connectivity index (χ0n) is 13.5. The highest BCUT2D eigenvalue weighted by molar-refractivity contribution is 6.00. The molecular weight excluding hydrogens is 280 g/mol. The Labute approximate surface area is 130 Å². The summed E-state index contributed by atoms with van der Waals surface area (Å²) in [6, 6.07) is 9.64. The molecule has 22 heavy (non-hydrogen) atoms. The van der Waals surface area contributed by atoms with Gasteiger partial charge in [-0.15, -0.1) is 0 Å². The quantitative estimate of drug-likeness (QED) is 0.923. The Morgan fingerprint density at radius 3 is 2.50 bits per heavy atom.